The van der Waals surface area contributed by atoms with Crippen molar-refractivity contribution < 1.29 is 24.2 Å². The van der Waals surface area contributed by atoms with E-state index in [1.807, 2.05) is 30.5 Å². The molecule has 2 aliphatic rings. The molecule has 240 valence electrons. The Morgan fingerprint density at radius 3 is 2.55 bits per heavy atom. The lowest BCUT2D eigenvalue weighted by Gasteiger charge is -2.33. The van der Waals surface area contributed by atoms with E-state index < -0.39 is 6.09 Å². The van der Waals surface area contributed by atoms with Crippen molar-refractivity contribution in [3.05, 3.63) is 83.9 Å². The summed E-state index contributed by atoms with van der Waals surface area (Å²) in [6.45, 7) is 4.37. The number of likely N-dealkylation sites (N-methyl/N-ethyl adjacent to an activating group) is 1. The molecular weight excluding hydrogens is 600 g/mol. The molecule has 0 saturated carbocycles. The molecule has 1 saturated heterocycles. The third-order valence-corrected chi connectivity index (χ3v) is 8.79. The number of carbonyl (C=O) groups is 2. The molecule has 1 aromatic carbocycles. The molecule has 0 spiro atoms. The van der Waals surface area contributed by atoms with Gasteiger partial charge in [-0.2, -0.15) is 0 Å². The Hall–Kier alpha value is -5.69. The lowest BCUT2D eigenvalue weighted by atomic mass is 10.0. The fourth-order valence-electron chi connectivity index (χ4n) is 6.26. The number of methoxy groups -OCH3 is 2. The molecule has 13 heteroatoms. The van der Waals surface area contributed by atoms with Gasteiger partial charge in [-0.25, -0.2) is 19.3 Å². The minimum absolute atomic E-state index is 0.196. The van der Waals surface area contributed by atoms with Crippen LogP contribution in [0.5, 0.6) is 11.5 Å². The van der Waals surface area contributed by atoms with E-state index >= 15 is 0 Å². The van der Waals surface area contributed by atoms with Gasteiger partial charge in [0.1, 0.15) is 23.0 Å². The first-order valence-electron chi connectivity index (χ1n) is 15.2. The second-order valence-corrected chi connectivity index (χ2v) is 11.6. The number of hydrogen-bond donors (Lipinski definition) is 2. The van der Waals surface area contributed by atoms with Gasteiger partial charge in [0.15, 0.2) is 0 Å². The highest BCUT2D eigenvalue weighted by Gasteiger charge is 2.35. The number of hydrogen-bond acceptors (Lipinski definition) is 10. The van der Waals surface area contributed by atoms with Crippen LogP contribution in [0, 0.1) is 0 Å². The van der Waals surface area contributed by atoms with E-state index in [0.29, 0.717) is 56.4 Å². The van der Waals surface area contributed by atoms with Crippen LogP contribution in [0.25, 0.3) is 22.3 Å². The van der Waals surface area contributed by atoms with Crippen LogP contribution >= 0.6 is 0 Å². The van der Waals surface area contributed by atoms with Gasteiger partial charge < -0.3 is 34.6 Å². The fourth-order valence-corrected chi connectivity index (χ4v) is 6.26. The molecule has 0 atom stereocenters. The predicted molar refractivity (Wildman–Crippen MR) is 177 cm³/mol. The average Bonchev–Trinajstić information content (AvgIpc) is 3.64. The Kier molecular flexibility index (Phi) is 7.82. The number of anilines is 3. The Balaban J connectivity index is 1.27. The van der Waals surface area contributed by atoms with E-state index in [2.05, 4.69) is 32.1 Å². The van der Waals surface area contributed by atoms with Crippen molar-refractivity contribution in [3.8, 4) is 22.8 Å². The zero-order chi connectivity index (χ0) is 32.7. The van der Waals surface area contributed by atoms with E-state index in [-0.39, 0.29) is 19.0 Å². The highest BCUT2D eigenvalue weighted by molar-refractivity contribution is 6.07. The number of nitrogens with one attached hydrogen (secondary N) is 1. The molecule has 2 N–H and O–H groups in total. The van der Waals surface area contributed by atoms with Gasteiger partial charge in [0.25, 0.3) is 5.91 Å². The Labute approximate surface area is 271 Å². The zero-order valence-electron chi connectivity index (χ0n) is 26.3. The molecule has 1 fully saturated rings. The predicted octanol–water partition coefficient (Wildman–Crippen LogP) is 4.69. The van der Waals surface area contributed by atoms with Crippen LogP contribution in [0.3, 0.4) is 0 Å². The molecular formula is C34H34N8O5. The van der Waals surface area contributed by atoms with Crippen LogP contribution in [0.4, 0.5) is 22.0 Å². The molecule has 1 amide bonds. The van der Waals surface area contributed by atoms with Crippen molar-refractivity contribution in [1.82, 2.24) is 29.3 Å². The lowest BCUT2D eigenvalue weighted by Crippen LogP contribution is -2.44. The summed E-state index contributed by atoms with van der Waals surface area (Å²) in [5, 5.41) is 13.8. The summed E-state index contributed by atoms with van der Waals surface area (Å²) in [6, 6.07) is 13.0. The highest BCUT2D eigenvalue weighted by atomic mass is 16.5. The summed E-state index contributed by atoms with van der Waals surface area (Å²) in [7, 11) is 5.29. The monoisotopic (exact) mass is 634 g/mol. The Morgan fingerprint density at radius 2 is 1.83 bits per heavy atom. The number of fused-ring (bicyclic) bond motifs is 2. The van der Waals surface area contributed by atoms with Crippen molar-refractivity contribution in [2.75, 3.05) is 57.7 Å². The van der Waals surface area contributed by atoms with E-state index in [9.17, 15) is 14.7 Å². The third-order valence-electron chi connectivity index (χ3n) is 8.79. The second-order valence-electron chi connectivity index (χ2n) is 11.6. The minimum atomic E-state index is -1.16. The maximum absolute atomic E-state index is 14.2. The fraction of sp³-hybridized carbons (Fsp3) is 0.265. The van der Waals surface area contributed by atoms with Crippen molar-refractivity contribution in [1.29, 1.82) is 0 Å². The lowest BCUT2D eigenvalue weighted by molar-refractivity contribution is 0.0766. The molecule has 0 aliphatic carbocycles. The average molecular weight is 635 g/mol. The number of pyridine rings is 3. The van der Waals surface area contributed by atoms with Crippen LogP contribution in [0.1, 0.15) is 21.5 Å². The van der Waals surface area contributed by atoms with E-state index in [1.54, 1.807) is 49.7 Å². The van der Waals surface area contributed by atoms with Crippen LogP contribution in [0.2, 0.25) is 0 Å². The Morgan fingerprint density at radius 1 is 1.00 bits per heavy atom. The summed E-state index contributed by atoms with van der Waals surface area (Å²) in [4.78, 5) is 46.5. The molecule has 6 heterocycles. The van der Waals surface area contributed by atoms with Gasteiger partial charge in [-0.05, 0) is 43.4 Å². The molecule has 13 nitrogen and oxygen atoms in total. The van der Waals surface area contributed by atoms with Crippen molar-refractivity contribution in [3.63, 3.8) is 0 Å². The van der Waals surface area contributed by atoms with Crippen LogP contribution in [0.15, 0.2) is 67.3 Å². The number of benzene rings is 1. The maximum atomic E-state index is 14.2. The summed E-state index contributed by atoms with van der Waals surface area (Å²) in [5.74, 6) is 1.63. The van der Waals surface area contributed by atoms with Crippen LogP contribution < -0.4 is 19.7 Å². The van der Waals surface area contributed by atoms with Gasteiger partial charge in [-0.15, -0.1) is 0 Å². The van der Waals surface area contributed by atoms with Crippen LogP contribution in [-0.4, -0.2) is 93.9 Å². The summed E-state index contributed by atoms with van der Waals surface area (Å²) >= 11 is 0. The molecule has 0 radical (unpaired) electrons. The van der Waals surface area contributed by atoms with Gasteiger partial charge >= 0.3 is 6.09 Å². The van der Waals surface area contributed by atoms with E-state index in [1.165, 1.54) is 6.20 Å². The molecule has 7 rings (SSSR count). The summed E-state index contributed by atoms with van der Waals surface area (Å²) in [6.07, 6.45) is 5.35. The first-order chi connectivity index (χ1) is 22.8. The molecule has 0 unspecified atom stereocenters. The first kappa shape index (κ1) is 30.0. The molecule has 2 aliphatic heterocycles. The first-order valence-corrected chi connectivity index (χ1v) is 15.2. The number of amides is 1. The standard InChI is InChI=1S/C34H34N8O5/c1-39-11-13-40(14-12-39)22-7-9-29(36-16-22)38-27-17-37-31(25-20-42(34(44)45)32-24(25)5-4-10-35-32)26-19-41(33(43)30(26)27)18-21-6-8-23(46-2)15-28(21)47-3/h4-10,15-17,20H,11-14,18-19H2,1-3H3,(H,36,38)(H,44,45). The van der Waals surface area contributed by atoms with Gasteiger partial charge in [0, 0.05) is 79.8 Å². The van der Waals surface area contributed by atoms with Crippen molar-refractivity contribution in [2.45, 2.75) is 13.1 Å². The summed E-state index contributed by atoms with van der Waals surface area (Å²) < 4.78 is 12.0. The quantitative estimate of drug-likeness (QED) is 0.246. The zero-order valence-corrected chi connectivity index (χ0v) is 26.3. The number of rotatable bonds is 8. The summed E-state index contributed by atoms with van der Waals surface area (Å²) in [5.41, 5.74) is 4.87. The molecule has 0 bridgehead atoms. The van der Waals surface area contributed by atoms with Gasteiger partial charge in [0.05, 0.1) is 49.2 Å². The largest absolute Gasteiger partial charge is 0.497 e. The molecule has 4 aromatic heterocycles. The number of piperazine rings is 1. The number of nitrogens with zero attached hydrogens (tertiary/aromatic N) is 7. The minimum Gasteiger partial charge on any atom is -0.497 e. The maximum Gasteiger partial charge on any atom is 0.417 e. The Bertz CT molecular complexity index is 1990. The molecule has 47 heavy (non-hydrogen) atoms. The number of ether oxygens (including phenoxy) is 2. The van der Waals surface area contributed by atoms with Gasteiger partial charge in [-0.3, -0.25) is 9.78 Å². The highest BCUT2D eigenvalue weighted by Crippen LogP contribution is 2.40. The number of aromatic nitrogens is 4. The third kappa shape index (κ3) is 5.54. The van der Waals surface area contributed by atoms with Crippen molar-refractivity contribution >= 4 is 40.2 Å². The van der Waals surface area contributed by atoms with E-state index in [0.717, 1.165) is 42.0 Å². The number of carboxylic acid groups (broad SMARTS) is 1. The van der Waals surface area contributed by atoms with E-state index in [4.69, 9.17) is 14.5 Å². The van der Waals surface area contributed by atoms with Gasteiger partial charge in [0.2, 0.25) is 0 Å². The number of carbonyl (C=O) groups excluding carboxylic acids is 1. The topological polar surface area (TPSA) is 138 Å². The SMILES string of the molecule is COc1ccc(CN2Cc3c(-c4cn(C(=O)O)c5ncccc45)ncc(Nc4ccc(N5CCN(C)CC5)cn4)c3C2=O)c(OC)c1. The second kappa shape index (κ2) is 12.2. The van der Waals surface area contributed by atoms with Gasteiger partial charge in [-0.1, -0.05) is 0 Å². The smallest absolute Gasteiger partial charge is 0.417 e. The normalized spacial score (nSPS) is 14.8. The van der Waals surface area contributed by atoms with Crippen LogP contribution in [-0.2, 0) is 13.1 Å². The van der Waals surface area contributed by atoms with Crippen molar-refractivity contribution in [2.24, 2.45) is 0 Å². The molecule has 5 aromatic rings.